The van der Waals surface area contributed by atoms with E-state index in [1.807, 2.05) is 0 Å². The number of alkyl halides is 1. The highest BCUT2D eigenvalue weighted by atomic mass is 19.1. The van der Waals surface area contributed by atoms with E-state index >= 15 is 4.39 Å². The minimum atomic E-state index is -2.46. The Balaban J connectivity index is 1.39. The molecule has 1 aromatic heterocycles. The van der Waals surface area contributed by atoms with Crippen LogP contribution in [0, 0.1) is 0 Å². The molecular weight excluding hydrogens is 545 g/mol. The molecule has 0 radical (unpaired) electrons. The number of nitrogens with one attached hydrogen (secondary N) is 1. The fourth-order valence-corrected chi connectivity index (χ4v) is 4.54. The van der Waals surface area contributed by atoms with Crippen LogP contribution in [0.3, 0.4) is 0 Å². The number of benzene rings is 3. The molecule has 214 valence electrons. The van der Waals surface area contributed by atoms with Crippen molar-refractivity contribution in [2.24, 2.45) is 0 Å². The maximum atomic E-state index is 16.5. The summed E-state index contributed by atoms with van der Waals surface area (Å²) in [5.41, 5.74) is -2.59. The van der Waals surface area contributed by atoms with Crippen molar-refractivity contribution in [3.63, 3.8) is 0 Å². The van der Waals surface area contributed by atoms with E-state index in [1.165, 1.54) is 24.4 Å². The SMILES string of the molecule is CC1(F)[C@@H](OC(=O)c2ccccc2)C(COC(=O)c2ccccc2)O[C@H]1n1ccc(NC(=O)c2ccccc2)nc1=O. The van der Waals surface area contributed by atoms with Crippen molar-refractivity contribution in [3.8, 4) is 0 Å². The molecule has 1 saturated heterocycles. The summed E-state index contributed by atoms with van der Waals surface area (Å²) in [7, 11) is 0. The summed E-state index contributed by atoms with van der Waals surface area (Å²) in [6.07, 6.45) is -3.23. The zero-order valence-electron chi connectivity index (χ0n) is 22.4. The topological polar surface area (TPSA) is 126 Å². The minimum Gasteiger partial charge on any atom is -0.459 e. The van der Waals surface area contributed by atoms with E-state index in [0.717, 1.165) is 11.5 Å². The number of anilines is 1. The number of amides is 1. The van der Waals surface area contributed by atoms with E-state index in [2.05, 4.69) is 10.3 Å². The molecule has 1 amide bonds. The van der Waals surface area contributed by atoms with Crippen molar-refractivity contribution >= 4 is 23.7 Å². The third kappa shape index (κ3) is 6.11. The average molecular weight is 572 g/mol. The predicted molar refractivity (Wildman–Crippen MR) is 149 cm³/mol. The van der Waals surface area contributed by atoms with Crippen LogP contribution in [-0.4, -0.2) is 51.9 Å². The number of aromatic nitrogens is 2. The zero-order chi connectivity index (χ0) is 29.7. The molecule has 1 aliphatic rings. The molecule has 0 aliphatic carbocycles. The molecule has 0 spiro atoms. The molecule has 4 aromatic rings. The molecule has 3 aromatic carbocycles. The van der Waals surface area contributed by atoms with Crippen molar-refractivity contribution in [1.29, 1.82) is 0 Å². The van der Waals surface area contributed by atoms with Gasteiger partial charge in [0.2, 0.25) is 0 Å². The molecule has 1 aliphatic heterocycles. The Morgan fingerprint density at radius 3 is 2.00 bits per heavy atom. The van der Waals surface area contributed by atoms with Crippen LogP contribution in [0.1, 0.15) is 44.2 Å². The van der Waals surface area contributed by atoms with E-state index in [-0.39, 0.29) is 16.9 Å². The summed E-state index contributed by atoms with van der Waals surface area (Å²) in [5, 5.41) is 2.52. The van der Waals surface area contributed by atoms with Gasteiger partial charge in [0.1, 0.15) is 18.5 Å². The van der Waals surface area contributed by atoms with Crippen molar-refractivity contribution < 1.29 is 33.0 Å². The Kier molecular flexibility index (Phi) is 8.21. The highest BCUT2D eigenvalue weighted by Crippen LogP contribution is 2.43. The summed E-state index contributed by atoms with van der Waals surface area (Å²) in [6.45, 7) is 0.654. The number of hydrogen-bond acceptors (Lipinski definition) is 8. The third-order valence-corrected chi connectivity index (χ3v) is 6.67. The van der Waals surface area contributed by atoms with Gasteiger partial charge in [-0.05, 0) is 49.4 Å². The maximum absolute atomic E-state index is 16.5. The minimum absolute atomic E-state index is 0.0518. The van der Waals surface area contributed by atoms with Crippen LogP contribution in [-0.2, 0) is 14.2 Å². The van der Waals surface area contributed by atoms with Crippen molar-refractivity contribution in [1.82, 2.24) is 9.55 Å². The normalized spacial score (nSPS) is 21.3. The number of nitrogens with zero attached hydrogens (tertiary/aromatic N) is 2. The molecule has 0 saturated carbocycles. The van der Waals surface area contributed by atoms with Gasteiger partial charge in [0.25, 0.3) is 5.91 Å². The highest BCUT2D eigenvalue weighted by Gasteiger charge is 2.58. The van der Waals surface area contributed by atoms with Crippen LogP contribution in [0.4, 0.5) is 10.2 Å². The van der Waals surface area contributed by atoms with Crippen LogP contribution >= 0.6 is 0 Å². The number of hydrogen-bond donors (Lipinski definition) is 1. The molecule has 2 heterocycles. The smallest absolute Gasteiger partial charge is 0.351 e. The second kappa shape index (κ2) is 12.1. The van der Waals surface area contributed by atoms with Gasteiger partial charge >= 0.3 is 17.6 Å². The highest BCUT2D eigenvalue weighted by molar-refractivity contribution is 6.03. The van der Waals surface area contributed by atoms with Gasteiger partial charge in [0.15, 0.2) is 18.0 Å². The van der Waals surface area contributed by atoms with E-state index in [1.54, 1.807) is 78.9 Å². The molecule has 4 atom stereocenters. The molecule has 42 heavy (non-hydrogen) atoms. The van der Waals surface area contributed by atoms with E-state index < -0.39 is 54.2 Å². The van der Waals surface area contributed by atoms with E-state index in [4.69, 9.17) is 14.2 Å². The van der Waals surface area contributed by atoms with Gasteiger partial charge in [-0.2, -0.15) is 4.98 Å². The van der Waals surface area contributed by atoms with Gasteiger partial charge in [-0.3, -0.25) is 9.36 Å². The van der Waals surface area contributed by atoms with Gasteiger partial charge in [-0.25, -0.2) is 18.8 Å². The molecule has 11 heteroatoms. The number of halogens is 1. The number of ether oxygens (including phenoxy) is 3. The molecule has 10 nitrogen and oxygen atoms in total. The summed E-state index contributed by atoms with van der Waals surface area (Å²) < 4.78 is 34.2. The van der Waals surface area contributed by atoms with Crippen LogP contribution in [0.25, 0.3) is 0 Å². The Hall–Kier alpha value is -5.16. The second-order valence-electron chi connectivity index (χ2n) is 9.66. The van der Waals surface area contributed by atoms with Crippen molar-refractivity contribution in [2.75, 3.05) is 11.9 Å². The number of carbonyl (C=O) groups is 3. The standard InChI is InChI=1S/C31H26FN3O7/c1-31(32)25(42-28(38)22-15-9-4-10-16-22)23(19-40-27(37)21-13-7-3-8-14-21)41-29(31)35-18-17-24(34-30(35)39)33-26(36)20-11-5-2-6-12-20/h2-18,23,25,29H,19H2,1H3,(H,33,34,36,39)/t23?,25-,29+,31?/m0/s1. The summed E-state index contributed by atoms with van der Waals surface area (Å²) >= 11 is 0. The summed E-state index contributed by atoms with van der Waals surface area (Å²) in [5.74, 6) is -2.05. The second-order valence-corrected chi connectivity index (χ2v) is 9.66. The van der Waals surface area contributed by atoms with Crippen molar-refractivity contribution in [2.45, 2.75) is 31.0 Å². The number of carbonyl (C=O) groups excluding carboxylic acids is 3. The first kappa shape index (κ1) is 28.4. The van der Waals surface area contributed by atoms with Crippen LogP contribution < -0.4 is 11.0 Å². The van der Waals surface area contributed by atoms with Gasteiger partial charge in [0.05, 0.1) is 11.1 Å². The first-order chi connectivity index (χ1) is 20.2. The summed E-state index contributed by atoms with van der Waals surface area (Å²) in [6, 6.07) is 25.8. The first-order valence-corrected chi connectivity index (χ1v) is 13.0. The fourth-order valence-electron chi connectivity index (χ4n) is 4.54. The fraction of sp³-hybridized carbons (Fsp3) is 0.194. The summed E-state index contributed by atoms with van der Waals surface area (Å²) in [4.78, 5) is 54.8. The van der Waals surface area contributed by atoms with Gasteiger partial charge in [-0.1, -0.05) is 54.6 Å². The molecular formula is C31H26FN3O7. The Morgan fingerprint density at radius 2 is 1.43 bits per heavy atom. The van der Waals surface area contributed by atoms with Gasteiger partial charge in [0, 0.05) is 11.8 Å². The maximum Gasteiger partial charge on any atom is 0.351 e. The predicted octanol–water partition coefficient (Wildman–Crippen LogP) is 4.20. The molecule has 2 unspecified atom stereocenters. The Morgan fingerprint density at radius 1 is 0.881 bits per heavy atom. The number of rotatable bonds is 8. The van der Waals surface area contributed by atoms with Crippen LogP contribution in [0.5, 0.6) is 0 Å². The quantitative estimate of drug-likeness (QED) is 0.312. The molecule has 0 bridgehead atoms. The lowest BCUT2D eigenvalue weighted by Crippen LogP contribution is -2.45. The lowest BCUT2D eigenvalue weighted by Gasteiger charge is -2.27. The third-order valence-electron chi connectivity index (χ3n) is 6.67. The van der Waals surface area contributed by atoms with E-state index in [0.29, 0.717) is 5.56 Å². The van der Waals surface area contributed by atoms with Crippen LogP contribution in [0.2, 0.25) is 0 Å². The lowest BCUT2D eigenvalue weighted by atomic mass is 9.98. The average Bonchev–Trinajstić information content (AvgIpc) is 3.25. The molecule has 1 fully saturated rings. The first-order valence-electron chi connectivity index (χ1n) is 13.0. The monoisotopic (exact) mass is 571 g/mol. The number of esters is 2. The van der Waals surface area contributed by atoms with Crippen molar-refractivity contribution in [3.05, 3.63) is 130 Å². The largest absolute Gasteiger partial charge is 0.459 e. The Bertz CT molecular complexity index is 1630. The van der Waals surface area contributed by atoms with Gasteiger partial charge in [-0.15, -0.1) is 0 Å². The zero-order valence-corrected chi connectivity index (χ0v) is 22.4. The molecule has 5 rings (SSSR count). The lowest BCUT2D eigenvalue weighted by molar-refractivity contribution is -0.0648. The van der Waals surface area contributed by atoms with Gasteiger partial charge < -0.3 is 19.5 Å². The van der Waals surface area contributed by atoms with E-state index in [9.17, 15) is 19.2 Å². The van der Waals surface area contributed by atoms with Crippen LogP contribution in [0.15, 0.2) is 108 Å². The molecule has 1 N–H and O–H groups in total. The Labute approximate surface area is 239 Å².